The van der Waals surface area contributed by atoms with Crippen molar-refractivity contribution in [3.05, 3.63) is 69.6 Å². The van der Waals surface area contributed by atoms with Gasteiger partial charge in [-0.2, -0.15) is 13.2 Å². The summed E-state index contributed by atoms with van der Waals surface area (Å²) in [5, 5.41) is 0. The maximum absolute atomic E-state index is 13.3. The SMILES string of the molecule is C[Si](C)OC(CCc1ccn(C2=CC(C)(C)Oc3ccc(C(F)(F)F)cc32)c(=O)c1)C(C)(C)C. The minimum absolute atomic E-state index is 0.0185. The van der Waals surface area contributed by atoms with Crippen LogP contribution < -0.4 is 10.3 Å². The van der Waals surface area contributed by atoms with Gasteiger partial charge in [0.25, 0.3) is 5.56 Å². The number of nitrogens with zero attached hydrogens (tertiary/aromatic N) is 1. The number of benzene rings is 1. The molecule has 3 rings (SSSR count). The van der Waals surface area contributed by atoms with E-state index in [0.29, 0.717) is 17.9 Å². The first-order chi connectivity index (χ1) is 15.6. The molecule has 8 heteroatoms. The lowest BCUT2D eigenvalue weighted by molar-refractivity contribution is -0.137. The molecular weight excluding hydrogens is 459 g/mol. The van der Waals surface area contributed by atoms with Gasteiger partial charge >= 0.3 is 6.18 Å². The molecule has 0 amide bonds. The molecule has 2 aromatic rings. The Morgan fingerprint density at radius 1 is 1.12 bits per heavy atom. The number of halogens is 3. The Kier molecular flexibility index (Phi) is 7.25. The number of pyridine rings is 1. The van der Waals surface area contributed by atoms with Gasteiger partial charge < -0.3 is 9.16 Å². The fourth-order valence-corrected chi connectivity index (χ4v) is 5.08. The monoisotopic (exact) mass is 492 g/mol. The molecule has 0 saturated carbocycles. The summed E-state index contributed by atoms with van der Waals surface area (Å²) in [7, 11) is -0.866. The minimum atomic E-state index is -4.49. The average molecular weight is 493 g/mol. The Labute approximate surface area is 201 Å². The number of alkyl halides is 3. The van der Waals surface area contributed by atoms with E-state index in [4.69, 9.17) is 9.16 Å². The van der Waals surface area contributed by atoms with Gasteiger partial charge in [-0.1, -0.05) is 20.8 Å². The third kappa shape index (κ3) is 6.21. The number of fused-ring (bicyclic) bond motifs is 1. The zero-order valence-corrected chi connectivity index (χ0v) is 21.8. The van der Waals surface area contributed by atoms with Crippen LogP contribution in [0.25, 0.3) is 5.70 Å². The molecule has 2 heterocycles. The second-order valence-corrected chi connectivity index (χ2v) is 12.7. The van der Waals surface area contributed by atoms with E-state index in [1.165, 1.54) is 10.6 Å². The van der Waals surface area contributed by atoms with Crippen LogP contribution in [0.3, 0.4) is 0 Å². The van der Waals surface area contributed by atoms with Crippen molar-refractivity contribution in [3.63, 3.8) is 0 Å². The predicted molar refractivity (Wildman–Crippen MR) is 130 cm³/mol. The summed E-state index contributed by atoms with van der Waals surface area (Å²) < 4.78 is 53.5. The lowest BCUT2D eigenvalue weighted by Gasteiger charge is -2.32. The van der Waals surface area contributed by atoms with Crippen molar-refractivity contribution in [2.45, 2.75) is 78.4 Å². The van der Waals surface area contributed by atoms with Crippen LogP contribution in [0.2, 0.25) is 13.1 Å². The first kappa shape index (κ1) is 26.3. The topological polar surface area (TPSA) is 40.5 Å². The van der Waals surface area contributed by atoms with Crippen molar-refractivity contribution in [3.8, 4) is 5.75 Å². The molecule has 4 nitrogen and oxygen atoms in total. The van der Waals surface area contributed by atoms with Crippen LogP contribution in [0.15, 0.2) is 47.4 Å². The summed E-state index contributed by atoms with van der Waals surface area (Å²) in [5.41, 5.74) is -0.386. The van der Waals surface area contributed by atoms with Crippen LogP contribution >= 0.6 is 0 Å². The zero-order chi connectivity index (χ0) is 25.5. The normalized spacial score (nSPS) is 16.6. The molecule has 1 atom stereocenters. The second-order valence-electron chi connectivity index (χ2n) is 10.6. The molecule has 0 spiro atoms. The van der Waals surface area contributed by atoms with Gasteiger partial charge in [0.2, 0.25) is 9.04 Å². The van der Waals surface area contributed by atoms with Gasteiger partial charge in [0, 0.05) is 17.8 Å². The number of hydrogen-bond acceptors (Lipinski definition) is 3. The minimum Gasteiger partial charge on any atom is -0.483 e. The Morgan fingerprint density at radius 2 is 1.79 bits per heavy atom. The highest BCUT2D eigenvalue weighted by Gasteiger charge is 2.34. The summed E-state index contributed by atoms with van der Waals surface area (Å²) in [6.07, 6.45) is 0.360. The fraction of sp³-hybridized carbons (Fsp3) is 0.500. The van der Waals surface area contributed by atoms with E-state index < -0.39 is 26.4 Å². The highest BCUT2D eigenvalue weighted by Crippen LogP contribution is 2.40. The molecule has 1 aliphatic rings. The zero-order valence-electron chi connectivity index (χ0n) is 20.8. The second kappa shape index (κ2) is 9.38. The van der Waals surface area contributed by atoms with Crippen molar-refractivity contribution in [1.29, 1.82) is 0 Å². The molecule has 34 heavy (non-hydrogen) atoms. The average Bonchev–Trinajstić information content (AvgIpc) is 2.68. The lowest BCUT2D eigenvalue weighted by atomic mass is 9.86. The highest BCUT2D eigenvalue weighted by molar-refractivity contribution is 6.48. The third-order valence-electron chi connectivity index (χ3n) is 5.72. The van der Waals surface area contributed by atoms with Crippen LogP contribution in [0, 0.1) is 5.41 Å². The lowest BCUT2D eigenvalue weighted by Crippen LogP contribution is -2.34. The number of aromatic nitrogens is 1. The number of aryl methyl sites for hydroxylation is 1. The third-order valence-corrected chi connectivity index (χ3v) is 6.48. The van der Waals surface area contributed by atoms with Gasteiger partial charge in [-0.05, 0) is 81.1 Å². The number of ether oxygens (including phenoxy) is 1. The largest absolute Gasteiger partial charge is 0.483 e. The molecule has 1 radical (unpaired) electrons. The van der Waals surface area contributed by atoms with E-state index in [1.807, 2.05) is 6.07 Å². The van der Waals surface area contributed by atoms with E-state index in [0.717, 1.165) is 24.1 Å². The Morgan fingerprint density at radius 3 is 2.35 bits per heavy atom. The fourth-order valence-electron chi connectivity index (χ4n) is 4.04. The molecule has 1 aromatic carbocycles. The Hall–Kier alpha value is -2.32. The summed E-state index contributed by atoms with van der Waals surface area (Å²) in [4.78, 5) is 13.1. The van der Waals surface area contributed by atoms with Crippen molar-refractivity contribution in [1.82, 2.24) is 4.57 Å². The number of rotatable bonds is 6. The van der Waals surface area contributed by atoms with Crippen LogP contribution in [0.5, 0.6) is 5.75 Å². The molecule has 0 fully saturated rings. The standard InChI is InChI=1S/C26H33F3NO3Si/c1-24(2,3)22(33-34(6)7)11-8-17-12-13-30(23(31)14-17)20-16-25(4,5)32-21-10-9-18(15-19(20)21)26(27,28)29/h9-10,12-16,22H,8,11H2,1-7H3. The van der Waals surface area contributed by atoms with Crippen molar-refractivity contribution in [2.75, 3.05) is 0 Å². The molecule has 1 unspecified atom stereocenters. The number of hydrogen-bond donors (Lipinski definition) is 0. The van der Waals surface area contributed by atoms with Crippen LogP contribution in [0.4, 0.5) is 13.2 Å². The Balaban J connectivity index is 1.94. The van der Waals surface area contributed by atoms with Crippen molar-refractivity contribution in [2.24, 2.45) is 5.41 Å². The predicted octanol–water partition coefficient (Wildman–Crippen LogP) is 6.54. The van der Waals surface area contributed by atoms with E-state index in [1.54, 1.807) is 32.2 Å². The molecule has 0 bridgehead atoms. The molecule has 185 valence electrons. The van der Waals surface area contributed by atoms with Gasteiger partial charge in [-0.15, -0.1) is 0 Å². The van der Waals surface area contributed by atoms with E-state index in [2.05, 4.69) is 33.9 Å². The van der Waals surface area contributed by atoms with E-state index >= 15 is 0 Å². The molecular formula is C26H33F3NO3Si. The first-order valence-electron chi connectivity index (χ1n) is 11.4. The van der Waals surface area contributed by atoms with Gasteiger partial charge in [0.05, 0.1) is 17.4 Å². The quantitative estimate of drug-likeness (QED) is 0.430. The van der Waals surface area contributed by atoms with Crippen LogP contribution in [-0.4, -0.2) is 25.3 Å². The van der Waals surface area contributed by atoms with Crippen molar-refractivity contribution >= 4 is 14.7 Å². The highest BCUT2D eigenvalue weighted by atomic mass is 28.3. The smallest absolute Gasteiger partial charge is 0.416 e. The summed E-state index contributed by atoms with van der Waals surface area (Å²) in [6.45, 7) is 14.3. The molecule has 0 aliphatic carbocycles. The first-order valence-corrected chi connectivity index (χ1v) is 13.8. The maximum Gasteiger partial charge on any atom is 0.416 e. The van der Waals surface area contributed by atoms with Crippen LogP contribution in [-0.2, 0) is 17.0 Å². The van der Waals surface area contributed by atoms with Gasteiger partial charge in [0.1, 0.15) is 11.4 Å². The summed E-state index contributed by atoms with van der Waals surface area (Å²) >= 11 is 0. The molecule has 1 aliphatic heterocycles. The van der Waals surface area contributed by atoms with E-state index in [-0.39, 0.29) is 22.6 Å². The van der Waals surface area contributed by atoms with Crippen molar-refractivity contribution < 1.29 is 22.3 Å². The molecule has 0 N–H and O–H groups in total. The Bertz CT molecular complexity index is 1130. The maximum atomic E-state index is 13.3. The molecule has 0 saturated heterocycles. The summed E-state index contributed by atoms with van der Waals surface area (Å²) in [6, 6.07) is 6.76. The van der Waals surface area contributed by atoms with Gasteiger partial charge in [-0.25, -0.2) is 0 Å². The summed E-state index contributed by atoms with van der Waals surface area (Å²) in [5.74, 6) is 0.313. The molecule has 1 aromatic heterocycles. The van der Waals surface area contributed by atoms with Gasteiger partial charge in [-0.3, -0.25) is 9.36 Å². The van der Waals surface area contributed by atoms with Crippen LogP contribution in [0.1, 0.15) is 57.7 Å². The van der Waals surface area contributed by atoms with Gasteiger partial charge in [0.15, 0.2) is 0 Å². The van der Waals surface area contributed by atoms with E-state index in [9.17, 15) is 18.0 Å².